The maximum atomic E-state index is 10.8. The zero-order valence-corrected chi connectivity index (χ0v) is 9.33. The first-order chi connectivity index (χ1) is 7.18. The van der Waals surface area contributed by atoms with E-state index in [-0.39, 0.29) is 0 Å². The number of nitrogens with zero attached hydrogens (tertiary/aromatic N) is 1. The number of amides is 1. The number of hydrogen-bond donors (Lipinski definition) is 2. The molecular weight excluding hydrogens is 192 g/mol. The van der Waals surface area contributed by atoms with Gasteiger partial charge in [0.1, 0.15) is 0 Å². The van der Waals surface area contributed by atoms with Crippen molar-refractivity contribution >= 4 is 6.09 Å². The first-order valence-electron chi connectivity index (χ1n) is 5.89. The highest BCUT2D eigenvalue weighted by Gasteiger charge is 2.47. The molecule has 0 radical (unpaired) electrons. The van der Waals surface area contributed by atoms with E-state index in [1.807, 2.05) is 0 Å². The number of nitrogens with one attached hydrogen (secondary N) is 1. The lowest BCUT2D eigenvalue weighted by molar-refractivity contribution is 0.00442. The third-order valence-corrected chi connectivity index (χ3v) is 4.05. The van der Waals surface area contributed by atoms with Gasteiger partial charge in [-0.2, -0.15) is 0 Å². The molecule has 2 aliphatic rings. The molecule has 2 N–H and O–H groups in total. The number of carboxylic acid groups (broad SMARTS) is 1. The second kappa shape index (κ2) is 4.00. The maximum Gasteiger partial charge on any atom is 0.407 e. The molecular formula is C11H20N2O2. The Balaban J connectivity index is 1.89. The van der Waals surface area contributed by atoms with E-state index in [2.05, 4.69) is 12.2 Å². The number of likely N-dealkylation sites (tertiary alicyclic amines) is 1. The molecule has 0 aromatic heterocycles. The minimum absolute atomic E-state index is 0.419. The van der Waals surface area contributed by atoms with E-state index < -0.39 is 6.09 Å². The van der Waals surface area contributed by atoms with Crippen LogP contribution in [0.1, 0.15) is 32.6 Å². The molecule has 4 heteroatoms. The van der Waals surface area contributed by atoms with Crippen molar-refractivity contribution in [3.8, 4) is 0 Å². The summed E-state index contributed by atoms with van der Waals surface area (Å²) >= 11 is 0. The zero-order valence-electron chi connectivity index (χ0n) is 9.33. The summed E-state index contributed by atoms with van der Waals surface area (Å²) in [5.41, 5.74) is 0.419. The summed E-state index contributed by atoms with van der Waals surface area (Å²) in [5, 5.41) is 12.4. The fourth-order valence-corrected chi connectivity index (χ4v) is 2.90. The van der Waals surface area contributed by atoms with Gasteiger partial charge in [-0.15, -0.1) is 0 Å². The molecule has 86 valence electrons. The van der Waals surface area contributed by atoms with Crippen LogP contribution in [0.5, 0.6) is 0 Å². The van der Waals surface area contributed by atoms with Gasteiger partial charge >= 0.3 is 6.09 Å². The average Bonchev–Trinajstić information content (AvgIpc) is 2.24. The van der Waals surface area contributed by atoms with E-state index in [0.717, 1.165) is 32.5 Å². The fourth-order valence-electron chi connectivity index (χ4n) is 2.90. The number of carbonyl (C=O) groups is 1. The summed E-state index contributed by atoms with van der Waals surface area (Å²) in [6, 6.07) is 0.637. The predicted octanol–water partition coefficient (Wildman–Crippen LogP) is 1.52. The Morgan fingerprint density at radius 1 is 1.53 bits per heavy atom. The molecule has 1 atom stereocenters. The van der Waals surface area contributed by atoms with Crippen LogP contribution in [0.15, 0.2) is 0 Å². The van der Waals surface area contributed by atoms with Crippen LogP contribution in [-0.2, 0) is 0 Å². The van der Waals surface area contributed by atoms with Gasteiger partial charge in [0.25, 0.3) is 0 Å². The summed E-state index contributed by atoms with van der Waals surface area (Å²) in [6.45, 7) is 4.74. The Hall–Kier alpha value is -0.770. The van der Waals surface area contributed by atoms with E-state index in [1.54, 1.807) is 4.90 Å². The second-order valence-corrected chi connectivity index (χ2v) is 4.85. The topological polar surface area (TPSA) is 52.6 Å². The second-order valence-electron chi connectivity index (χ2n) is 4.85. The van der Waals surface area contributed by atoms with Gasteiger partial charge in [-0.3, -0.25) is 0 Å². The van der Waals surface area contributed by atoms with Gasteiger partial charge in [0.05, 0.1) is 0 Å². The molecule has 2 fully saturated rings. The van der Waals surface area contributed by atoms with Crippen molar-refractivity contribution in [1.29, 1.82) is 0 Å². The Morgan fingerprint density at radius 2 is 2.20 bits per heavy atom. The van der Waals surface area contributed by atoms with Gasteiger partial charge in [0, 0.05) is 31.1 Å². The van der Waals surface area contributed by atoms with Gasteiger partial charge < -0.3 is 15.3 Å². The SMILES string of the molecule is CCCC1NCC12CCN(C(=O)O)CC2. The highest BCUT2D eigenvalue weighted by molar-refractivity contribution is 5.65. The van der Waals surface area contributed by atoms with Crippen LogP contribution in [0.2, 0.25) is 0 Å². The van der Waals surface area contributed by atoms with Crippen LogP contribution in [0.4, 0.5) is 4.79 Å². The molecule has 0 bridgehead atoms. The van der Waals surface area contributed by atoms with Crippen molar-refractivity contribution in [2.45, 2.75) is 38.6 Å². The Kier molecular flexibility index (Phi) is 2.87. The van der Waals surface area contributed by atoms with E-state index in [1.165, 1.54) is 12.8 Å². The summed E-state index contributed by atoms with van der Waals surface area (Å²) in [4.78, 5) is 12.3. The van der Waals surface area contributed by atoms with E-state index in [0.29, 0.717) is 11.5 Å². The lowest BCUT2D eigenvalue weighted by atomic mass is 9.65. The van der Waals surface area contributed by atoms with Crippen molar-refractivity contribution in [3.63, 3.8) is 0 Å². The number of hydrogen-bond acceptors (Lipinski definition) is 2. The largest absolute Gasteiger partial charge is 0.465 e. The molecule has 2 heterocycles. The van der Waals surface area contributed by atoms with Crippen molar-refractivity contribution in [2.75, 3.05) is 19.6 Å². The summed E-state index contributed by atoms with van der Waals surface area (Å²) < 4.78 is 0. The van der Waals surface area contributed by atoms with Gasteiger partial charge in [-0.1, -0.05) is 13.3 Å². The van der Waals surface area contributed by atoms with Gasteiger partial charge in [0.2, 0.25) is 0 Å². The summed E-state index contributed by atoms with van der Waals surface area (Å²) in [5.74, 6) is 0. The smallest absolute Gasteiger partial charge is 0.407 e. The molecule has 0 saturated carbocycles. The van der Waals surface area contributed by atoms with Gasteiger partial charge in [-0.05, 0) is 19.3 Å². The monoisotopic (exact) mass is 212 g/mol. The maximum absolute atomic E-state index is 10.8. The molecule has 1 unspecified atom stereocenters. The number of rotatable bonds is 2. The van der Waals surface area contributed by atoms with Crippen molar-refractivity contribution in [2.24, 2.45) is 5.41 Å². The molecule has 1 amide bonds. The average molecular weight is 212 g/mol. The van der Waals surface area contributed by atoms with Crippen LogP contribution in [0, 0.1) is 5.41 Å². The fraction of sp³-hybridized carbons (Fsp3) is 0.909. The highest BCUT2D eigenvalue weighted by atomic mass is 16.4. The highest BCUT2D eigenvalue weighted by Crippen LogP contribution is 2.41. The standard InChI is InChI=1S/C11H20N2O2/c1-2-3-9-11(8-12-9)4-6-13(7-5-11)10(14)15/h9,12H,2-8H2,1H3,(H,14,15). The number of piperidine rings is 1. The summed E-state index contributed by atoms with van der Waals surface area (Å²) in [7, 11) is 0. The van der Waals surface area contributed by atoms with E-state index in [9.17, 15) is 4.79 Å². The normalized spacial score (nSPS) is 28.9. The van der Waals surface area contributed by atoms with Crippen molar-refractivity contribution < 1.29 is 9.90 Å². The Morgan fingerprint density at radius 3 is 2.60 bits per heavy atom. The molecule has 1 spiro atoms. The van der Waals surface area contributed by atoms with Crippen molar-refractivity contribution in [3.05, 3.63) is 0 Å². The zero-order chi connectivity index (χ0) is 10.9. The minimum Gasteiger partial charge on any atom is -0.465 e. The molecule has 0 aliphatic carbocycles. The first-order valence-corrected chi connectivity index (χ1v) is 5.89. The van der Waals surface area contributed by atoms with Crippen LogP contribution >= 0.6 is 0 Å². The molecule has 2 rings (SSSR count). The Labute approximate surface area is 90.6 Å². The van der Waals surface area contributed by atoms with Crippen LogP contribution < -0.4 is 5.32 Å². The minimum atomic E-state index is -0.760. The lowest BCUT2D eigenvalue weighted by Crippen LogP contribution is -2.65. The summed E-state index contributed by atoms with van der Waals surface area (Å²) in [6.07, 6.45) is 3.76. The van der Waals surface area contributed by atoms with E-state index in [4.69, 9.17) is 5.11 Å². The van der Waals surface area contributed by atoms with Crippen LogP contribution in [0.25, 0.3) is 0 Å². The van der Waals surface area contributed by atoms with Gasteiger partial charge in [-0.25, -0.2) is 4.79 Å². The third-order valence-electron chi connectivity index (χ3n) is 4.05. The third kappa shape index (κ3) is 1.83. The van der Waals surface area contributed by atoms with Crippen molar-refractivity contribution in [1.82, 2.24) is 10.2 Å². The molecule has 0 aromatic carbocycles. The molecule has 15 heavy (non-hydrogen) atoms. The van der Waals surface area contributed by atoms with E-state index >= 15 is 0 Å². The van der Waals surface area contributed by atoms with Crippen LogP contribution in [0.3, 0.4) is 0 Å². The molecule has 2 saturated heterocycles. The first kappa shape index (κ1) is 10.7. The lowest BCUT2D eigenvalue weighted by Gasteiger charge is -2.54. The van der Waals surface area contributed by atoms with Crippen LogP contribution in [-0.4, -0.2) is 41.8 Å². The Bertz CT molecular complexity index is 247. The molecule has 4 nitrogen and oxygen atoms in total. The molecule has 2 aliphatic heterocycles. The quantitative estimate of drug-likeness (QED) is 0.729. The predicted molar refractivity (Wildman–Crippen MR) is 58.0 cm³/mol. The van der Waals surface area contributed by atoms with Gasteiger partial charge in [0.15, 0.2) is 0 Å². The molecule has 0 aromatic rings.